The molecule has 0 aliphatic rings. The summed E-state index contributed by atoms with van der Waals surface area (Å²) in [7, 11) is 2.16. The first-order valence-corrected chi connectivity index (χ1v) is 9.92. The highest BCUT2D eigenvalue weighted by molar-refractivity contribution is 7.11. The molecule has 3 aromatic rings. The van der Waals surface area contributed by atoms with Crippen LogP contribution < -0.4 is 4.74 Å². The van der Waals surface area contributed by atoms with Gasteiger partial charge < -0.3 is 9.64 Å². The van der Waals surface area contributed by atoms with Gasteiger partial charge in [0.05, 0.1) is 5.69 Å². The third-order valence-electron chi connectivity index (χ3n) is 4.69. The summed E-state index contributed by atoms with van der Waals surface area (Å²) in [4.78, 5) is 6.96. The molecule has 0 aliphatic carbocycles. The highest BCUT2D eigenvalue weighted by atomic mass is 32.1. The van der Waals surface area contributed by atoms with Crippen molar-refractivity contribution in [1.82, 2.24) is 9.88 Å². The van der Waals surface area contributed by atoms with Crippen LogP contribution in [0.2, 0.25) is 0 Å². The van der Waals surface area contributed by atoms with Crippen molar-refractivity contribution in [3.63, 3.8) is 0 Å². The van der Waals surface area contributed by atoms with E-state index in [4.69, 9.17) is 4.74 Å². The van der Waals surface area contributed by atoms with Crippen LogP contribution in [-0.4, -0.2) is 30.0 Å². The summed E-state index contributed by atoms with van der Waals surface area (Å²) in [6.45, 7) is 8.60. The van der Waals surface area contributed by atoms with Gasteiger partial charge in [-0.1, -0.05) is 54.7 Å². The molecule has 26 heavy (non-hydrogen) atoms. The minimum absolute atomic E-state index is 0.685. The van der Waals surface area contributed by atoms with Crippen LogP contribution in [0, 0.1) is 13.8 Å². The Balaban J connectivity index is 1.74. The van der Waals surface area contributed by atoms with Crippen LogP contribution in [0.1, 0.15) is 23.6 Å². The molecule has 2 aromatic carbocycles. The highest BCUT2D eigenvalue weighted by Gasteiger charge is 2.11. The smallest absolute Gasteiger partial charge is 0.279 e. The molecule has 1 aromatic heterocycles. The molecule has 3 nitrogen and oxygen atoms in total. The van der Waals surface area contributed by atoms with E-state index in [0.29, 0.717) is 5.19 Å². The molecule has 0 saturated heterocycles. The Hall–Kier alpha value is -2.17. The van der Waals surface area contributed by atoms with E-state index in [1.807, 2.05) is 23.6 Å². The Morgan fingerprint density at radius 2 is 1.85 bits per heavy atom. The maximum Gasteiger partial charge on any atom is 0.279 e. The first-order chi connectivity index (χ1) is 12.6. The van der Waals surface area contributed by atoms with Gasteiger partial charge in [0.2, 0.25) is 0 Å². The summed E-state index contributed by atoms with van der Waals surface area (Å²) >= 11 is 1.54. The minimum Gasteiger partial charge on any atom is -0.431 e. The third-order valence-corrected chi connectivity index (χ3v) is 5.40. The second kappa shape index (κ2) is 8.47. The van der Waals surface area contributed by atoms with E-state index >= 15 is 0 Å². The zero-order valence-corrected chi connectivity index (χ0v) is 16.8. The van der Waals surface area contributed by atoms with Crippen molar-refractivity contribution < 1.29 is 4.74 Å². The summed E-state index contributed by atoms with van der Waals surface area (Å²) in [6, 6.07) is 14.6. The number of likely N-dealkylation sites (N-methyl/N-ethyl adjacent to an activating group) is 1. The Kier molecular flexibility index (Phi) is 6.07. The molecule has 3 rings (SSSR count). The van der Waals surface area contributed by atoms with Crippen molar-refractivity contribution in [3.05, 3.63) is 64.5 Å². The Bertz CT molecular complexity index is 858. The number of nitrogens with zero attached hydrogens (tertiary/aromatic N) is 2. The molecule has 4 heteroatoms. The van der Waals surface area contributed by atoms with Crippen molar-refractivity contribution >= 4 is 11.3 Å². The maximum atomic E-state index is 6.09. The molecule has 0 amide bonds. The average Bonchev–Trinajstić information content (AvgIpc) is 3.12. The second-order valence-corrected chi connectivity index (χ2v) is 7.48. The molecule has 0 atom stereocenters. The summed E-state index contributed by atoms with van der Waals surface area (Å²) < 4.78 is 6.09. The monoisotopic (exact) mass is 366 g/mol. The highest BCUT2D eigenvalue weighted by Crippen LogP contribution is 2.32. The van der Waals surface area contributed by atoms with Crippen molar-refractivity contribution in [3.8, 4) is 22.2 Å². The first kappa shape index (κ1) is 18.6. The van der Waals surface area contributed by atoms with Gasteiger partial charge in [0.1, 0.15) is 5.75 Å². The summed E-state index contributed by atoms with van der Waals surface area (Å²) in [5.74, 6) is 0.893. The fourth-order valence-corrected chi connectivity index (χ4v) is 3.53. The van der Waals surface area contributed by atoms with E-state index in [1.54, 1.807) is 0 Å². The standard InChI is InChI=1S/C22H26N2OS/c1-5-24(4)12-11-19-13-17(3)21(14-16(19)2)25-22-23-20(15-26-22)18-9-7-6-8-10-18/h6-10,13-15H,5,11-12H2,1-4H3. The topological polar surface area (TPSA) is 25.4 Å². The van der Waals surface area contributed by atoms with E-state index in [2.05, 4.69) is 62.0 Å². The molecule has 0 saturated carbocycles. The summed E-state index contributed by atoms with van der Waals surface area (Å²) in [5.41, 5.74) is 5.89. The van der Waals surface area contributed by atoms with Gasteiger partial charge in [0, 0.05) is 17.5 Å². The first-order valence-electron chi connectivity index (χ1n) is 9.04. The Labute approximate surface area is 160 Å². The minimum atomic E-state index is 0.685. The molecule has 0 radical (unpaired) electrons. The molecule has 136 valence electrons. The van der Waals surface area contributed by atoms with E-state index in [-0.39, 0.29) is 0 Å². The van der Waals surface area contributed by atoms with E-state index < -0.39 is 0 Å². The van der Waals surface area contributed by atoms with Gasteiger partial charge in [-0.25, -0.2) is 4.98 Å². The van der Waals surface area contributed by atoms with Crippen LogP contribution in [0.25, 0.3) is 11.3 Å². The number of hydrogen-bond acceptors (Lipinski definition) is 4. The lowest BCUT2D eigenvalue weighted by atomic mass is 10.0. The Morgan fingerprint density at radius 3 is 2.58 bits per heavy atom. The lowest BCUT2D eigenvalue weighted by Gasteiger charge is -2.16. The fraction of sp³-hybridized carbons (Fsp3) is 0.318. The van der Waals surface area contributed by atoms with Crippen LogP contribution >= 0.6 is 11.3 Å². The van der Waals surface area contributed by atoms with E-state index in [0.717, 1.165) is 42.1 Å². The number of hydrogen-bond donors (Lipinski definition) is 0. The second-order valence-electron chi connectivity index (χ2n) is 6.66. The summed E-state index contributed by atoms with van der Waals surface area (Å²) in [6.07, 6.45) is 1.06. The Morgan fingerprint density at radius 1 is 1.08 bits per heavy atom. The van der Waals surface area contributed by atoms with Crippen LogP contribution in [-0.2, 0) is 6.42 Å². The van der Waals surface area contributed by atoms with E-state index in [9.17, 15) is 0 Å². The number of ether oxygens (including phenoxy) is 1. The van der Waals surface area contributed by atoms with Gasteiger partial charge in [-0.2, -0.15) is 0 Å². The van der Waals surface area contributed by atoms with Crippen LogP contribution in [0.15, 0.2) is 47.8 Å². The fourth-order valence-electron chi connectivity index (χ4n) is 2.84. The van der Waals surface area contributed by atoms with Gasteiger partial charge in [0.25, 0.3) is 5.19 Å². The zero-order valence-electron chi connectivity index (χ0n) is 16.0. The van der Waals surface area contributed by atoms with Crippen molar-refractivity contribution in [2.45, 2.75) is 27.2 Å². The molecule has 0 bridgehead atoms. The normalized spacial score (nSPS) is 11.1. The van der Waals surface area contributed by atoms with Crippen molar-refractivity contribution in [1.29, 1.82) is 0 Å². The lowest BCUT2D eigenvalue weighted by molar-refractivity contribution is 0.357. The van der Waals surface area contributed by atoms with E-state index in [1.165, 1.54) is 22.5 Å². The molecular formula is C22H26N2OS. The van der Waals surface area contributed by atoms with Gasteiger partial charge >= 0.3 is 0 Å². The number of benzene rings is 2. The van der Waals surface area contributed by atoms with Crippen molar-refractivity contribution in [2.75, 3.05) is 20.1 Å². The molecule has 1 heterocycles. The van der Waals surface area contributed by atoms with Crippen LogP contribution in [0.4, 0.5) is 0 Å². The van der Waals surface area contributed by atoms with Crippen molar-refractivity contribution in [2.24, 2.45) is 0 Å². The number of aryl methyl sites for hydroxylation is 2. The van der Waals surface area contributed by atoms with Gasteiger partial charge in [-0.05, 0) is 56.6 Å². The SMILES string of the molecule is CCN(C)CCc1cc(C)c(Oc2nc(-c3ccccc3)cs2)cc1C. The number of rotatable bonds is 7. The molecule has 0 spiro atoms. The molecule has 0 unspecified atom stereocenters. The molecule has 0 fully saturated rings. The van der Waals surface area contributed by atoms with Crippen LogP contribution in [0.3, 0.4) is 0 Å². The third kappa shape index (κ3) is 4.51. The number of thiazole rings is 1. The lowest BCUT2D eigenvalue weighted by Crippen LogP contribution is -2.20. The quantitative estimate of drug-likeness (QED) is 0.535. The van der Waals surface area contributed by atoms with Gasteiger partial charge in [-0.15, -0.1) is 0 Å². The summed E-state index contributed by atoms with van der Waals surface area (Å²) in [5, 5.41) is 2.73. The van der Waals surface area contributed by atoms with Gasteiger partial charge in [-0.3, -0.25) is 0 Å². The number of aromatic nitrogens is 1. The molecular weight excluding hydrogens is 340 g/mol. The largest absolute Gasteiger partial charge is 0.431 e. The maximum absolute atomic E-state index is 6.09. The predicted molar refractivity (Wildman–Crippen MR) is 110 cm³/mol. The predicted octanol–water partition coefficient (Wildman–Crippen LogP) is 5.71. The molecule has 0 N–H and O–H groups in total. The zero-order chi connectivity index (χ0) is 18.5. The van der Waals surface area contributed by atoms with Gasteiger partial charge in [0.15, 0.2) is 0 Å². The molecule has 0 aliphatic heterocycles. The average molecular weight is 367 g/mol. The van der Waals surface area contributed by atoms with Crippen LogP contribution in [0.5, 0.6) is 10.9 Å².